The van der Waals surface area contributed by atoms with Crippen molar-refractivity contribution in [3.05, 3.63) is 23.4 Å². The van der Waals surface area contributed by atoms with Gasteiger partial charge in [-0.1, -0.05) is 6.92 Å². The third kappa shape index (κ3) is 3.00. The van der Waals surface area contributed by atoms with Crippen LogP contribution in [0.3, 0.4) is 0 Å². The first-order valence-corrected chi connectivity index (χ1v) is 6.75. The largest absolute Gasteiger partial charge is 0.381 e. The monoisotopic (exact) mass is 249 g/mol. The molecule has 18 heavy (non-hydrogen) atoms. The molecule has 0 aromatic carbocycles. The third-order valence-corrected chi connectivity index (χ3v) is 3.62. The normalized spacial score (nSPS) is 16.8. The number of nitrogens with two attached hydrogens (primary N) is 1. The highest BCUT2D eigenvalue weighted by Crippen LogP contribution is 2.21. The molecule has 0 atom stereocenters. The predicted molar refractivity (Wildman–Crippen MR) is 73.8 cm³/mol. The topological polar surface area (TPSA) is 51.4 Å². The summed E-state index contributed by atoms with van der Waals surface area (Å²) in [5.41, 5.74) is 8.03. The van der Waals surface area contributed by atoms with Gasteiger partial charge >= 0.3 is 0 Å². The van der Waals surface area contributed by atoms with Crippen LogP contribution in [-0.4, -0.2) is 31.3 Å². The lowest BCUT2D eigenvalue weighted by molar-refractivity contribution is 0.0853. The van der Waals surface area contributed by atoms with Gasteiger partial charge in [0.25, 0.3) is 0 Å². The lowest BCUT2D eigenvalue weighted by Gasteiger charge is -2.32. The van der Waals surface area contributed by atoms with Gasteiger partial charge in [0.2, 0.25) is 0 Å². The van der Waals surface area contributed by atoms with Crippen LogP contribution in [0, 0.1) is 0 Å². The number of aryl methyl sites for hydroxylation is 1. The number of aromatic nitrogens is 1. The number of nitrogens with zero attached hydrogens (tertiary/aromatic N) is 2. The number of anilines is 1. The van der Waals surface area contributed by atoms with E-state index in [0.29, 0.717) is 12.6 Å². The summed E-state index contributed by atoms with van der Waals surface area (Å²) in [5, 5.41) is 0. The fourth-order valence-electron chi connectivity index (χ4n) is 2.37. The van der Waals surface area contributed by atoms with E-state index in [1.165, 1.54) is 0 Å². The second kappa shape index (κ2) is 6.16. The van der Waals surface area contributed by atoms with Gasteiger partial charge in [-0.3, -0.25) is 0 Å². The van der Waals surface area contributed by atoms with Gasteiger partial charge in [0.1, 0.15) is 5.82 Å². The van der Waals surface area contributed by atoms with Crippen LogP contribution >= 0.6 is 0 Å². The molecule has 0 aliphatic carbocycles. The molecule has 0 bridgehead atoms. The molecule has 0 unspecified atom stereocenters. The summed E-state index contributed by atoms with van der Waals surface area (Å²) in [6.45, 7) is 4.41. The summed E-state index contributed by atoms with van der Waals surface area (Å²) < 4.78 is 5.41. The van der Waals surface area contributed by atoms with E-state index in [-0.39, 0.29) is 0 Å². The second-order valence-electron chi connectivity index (χ2n) is 4.84. The molecule has 1 aliphatic heterocycles. The van der Waals surface area contributed by atoms with E-state index < -0.39 is 0 Å². The average molecular weight is 249 g/mol. The van der Waals surface area contributed by atoms with Crippen molar-refractivity contribution in [2.45, 2.75) is 38.8 Å². The standard InChI is InChI=1S/C14H23N3O/c1-3-12-8-11(10-15)9-14(16-12)17(2)13-4-6-18-7-5-13/h8-9,13H,3-7,10,15H2,1-2H3. The predicted octanol–water partition coefficient (Wildman–Crippen LogP) is 1.72. The summed E-state index contributed by atoms with van der Waals surface area (Å²) in [7, 11) is 2.12. The summed E-state index contributed by atoms with van der Waals surface area (Å²) in [6.07, 6.45) is 3.10. The maximum atomic E-state index is 5.75. The molecule has 1 aromatic heterocycles. The Bertz CT molecular complexity index is 366. The summed E-state index contributed by atoms with van der Waals surface area (Å²) in [5.74, 6) is 1.04. The van der Waals surface area contributed by atoms with Crippen molar-refractivity contribution in [2.24, 2.45) is 5.73 Å². The molecule has 2 N–H and O–H groups in total. The molecule has 0 saturated carbocycles. The maximum Gasteiger partial charge on any atom is 0.129 e. The fraction of sp³-hybridized carbons (Fsp3) is 0.643. The zero-order chi connectivity index (χ0) is 13.0. The van der Waals surface area contributed by atoms with Gasteiger partial charge in [-0.2, -0.15) is 0 Å². The molecule has 2 heterocycles. The summed E-state index contributed by atoms with van der Waals surface area (Å²) in [4.78, 5) is 6.98. The Labute approximate surface area is 109 Å². The minimum Gasteiger partial charge on any atom is -0.381 e. The van der Waals surface area contributed by atoms with Crippen molar-refractivity contribution in [1.29, 1.82) is 0 Å². The third-order valence-electron chi connectivity index (χ3n) is 3.62. The van der Waals surface area contributed by atoms with Crippen LogP contribution in [-0.2, 0) is 17.7 Å². The lowest BCUT2D eigenvalue weighted by Crippen LogP contribution is -2.37. The first-order chi connectivity index (χ1) is 8.74. The number of hydrogen-bond acceptors (Lipinski definition) is 4. The molecule has 4 nitrogen and oxygen atoms in total. The van der Waals surface area contributed by atoms with Crippen molar-refractivity contribution in [3.63, 3.8) is 0 Å². The number of rotatable bonds is 4. The Kier molecular flexibility index (Phi) is 4.55. The fourth-order valence-corrected chi connectivity index (χ4v) is 2.37. The molecule has 0 radical (unpaired) electrons. The lowest BCUT2D eigenvalue weighted by atomic mass is 10.1. The number of pyridine rings is 1. The van der Waals surface area contributed by atoms with Gasteiger partial charge in [-0.15, -0.1) is 0 Å². The molecule has 1 fully saturated rings. The van der Waals surface area contributed by atoms with E-state index in [4.69, 9.17) is 15.5 Å². The quantitative estimate of drug-likeness (QED) is 0.882. The van der Waals surface area contributed by atoms with Gasteiger partial charge in [-0.25, -0.2) is 4.98 Å². The Balaban J connectivity index is 2.19. The van der Waals surface area contributed by atoms with E-state index >= 15 is 0 Å². The molecular formula is C14H23N3O. The van der Waals surface area contributed by atoms with Crippen LogP contribution in [0.4, 0.5) is 5.82 Å². The molecule has 1 aromatic rings. The molecule has 1 aliphatic rings. The highest BCUT2D eigenvalue weighted by Gasteiger charge is 2.20. The van der Waals surface area contributed by atoms with Gasteiger partial charge in [0.15, 0.2) is 0 Å². The second-order valence-corrected chi connectivity index (χ2v) is 4.84. The van der Waals surface area contributed by atoms with Crippen molar-refractivity contribution < 1.29 is 4.74 Å². The molecule has 2 rings (SSSR count). The highest BCUT2D eigenvalue weighted by atomic mass is 16.5. The summed E-state index contributed by atoms with van der Waals surface area (Å²) in [6, 6.07) is 4.74. The molecule has 0 amide bonds. The van der Waals surface area contributed by atoms with Crippen LogP contribution in [0.25, 0.3) is 0 Å². The Hall–Kier alpha value is -1.13. The zero-order valence-corrected chi connectivity index (χ0v) is 11.4. The first kappa shape index (κ1) is 13.3. The maximum absolute atomic E-state index is 5.75. The van der Waals surface area contributed by atoms with E-state index in [1.807, 2.05) is 0 Å². The van der Waals surface area contributed by atoms with Crippen LogP contribution < -0.4 is 10.6 Å². The molecule has 4 heteroatoms. The van der Waals surface area contributed by atoms with Crippen LogP contribution in [0.2, 0.25) is 0 Å². The number of ether oxygens (including phenoxy) is 1. The molecule has 0 spiro atoms. The van der Waals surface area contributed by atoms with Crippen molar-refractivity contribution in [2.75, 3.05) is 25.2 Å². The van der Waals surface area contributed by atoms with Crippen molar-refractivity contribution in [1.82, 2.24) is 4.98 Å². The molecular weight excluding hydrogens is 226 g/mol. The van der Waals surface area contributed by atoms with E-state index in [9.17, 15) is 0 Å². The van der Waals surface area contributed by atoms with Gasteiger partial charge < -0.3 is 15.4 Å². The van der Waals surface area contributed by atoms with Crippen molar-refractivity contribution >= 4 is 5.82 Å². The van der Waals surface area contributed by atoms with Crippen LogP contribution in [0.1, 0.15) is 31.0 Å². The van der Waals surface area contributed by atoms with Gasteiger partial charge in [0.05, 0.1) is 0 Å². The molecule has 1 saturated heterocycles. The van der Waals surface area contributed by atoms with Gasteiger partial charge in [0, 0.05) is 38.5 Å². The smallest absolute Gasteiger partial charge is 0.129 e. The van der Waals surface area contributed by atoms with Crippen LogP contribution in [0.15, 0.2) is 12.1 Å². The summed E-state index contributed by atoms with van der Waals surface area (Å²) >= 11 is 0. The van der Waals surface area contributed by atoms with Gasteiger partial charge in [-0.05, 0) is 37.0 Å². The zero-order valence-electron chi connectivity index (χ0n) is 11.4. The SMILES string of the molecule is CCc1cc(CN)cc(N(C)C2CCOCC2)n1. The Morgan fingerprint density at radius 3 is 2.72 bits per heavy atom. The van der Waals surface area contributed by atoms with E-state index in [0.717, 1.165) is 49.6 Å². The number of hydrogen-bond donors (Lipinski definition) is 1. The van der Waals surface area contributed by atoms with Crippen LogP contribution in [0.5, 0.6) is 0 Å². The minimum atomic E-state index is 0.531. The molecule has 100 valence electrons. The van der Waals surface area contributed by atoms with E-state index in [1.54, 1.807) is 0 Å². The Morgan fingerprint density at radius 1 is 1.39 bits per heavy atom. The van der Waals surface area contributed by atoms with E-state index in [2.05, 4.69) is 31.0 Å². The Morgan fingerprint density at radius 2 is 2.11 bits per heavy atom. The minimum absolute atomic E-state index is 0.531. The average Bonchev–Trinajstić information content (AvgIpc) is 2.46. The highest BCUT2D eigenvalue weighted by molar-refractivity contribution is 5.43. The van der Waals surface area contributed by atoms with Crippen molar-refractivity contribution in [3.8, 4) is 0 Å². The first-order valence-electron chi connectivity index (χ1n) is 6.75.